The third-order valence-electron chi connectivity index (χ3n) is 5.15. The Bertz CT molecular complexity index is 1460. The summed E-state index contributed by atoms with van der Waals surface area (Å²) in [5, 5.41) is 5.26. The van der Waals surface area contributed by atoms with Gasteiger partial charge in [0.05, 0.1) is 16.9 Å². The van der Waals surface area contributed by atoms with Gasteiger partial charge in [0, 0.05) is 44.2 Å². The van der Waals surface area contributed by atoms with Crippen molar-refractivity contribution in [3.8, 4) is 5.75 Å². The molecule has 3 N–H and O–H groups in total. The van der Waals surface area contributed by atoms with Gasteiger partial charge in [-0.3, -0.25) is 9.59 Å². The molecule has 0 radical (unpaired) electrons. The zero-order valence-corrected chi connectivity index (χ0v) is 24.0. The number of amides is 2. The van der Waals surface area contributed by atoms with Crippen molar-refractivity contribution in [3.05, 3.63) is 89.5 Å². The number of halogens is 1. The summed E-state index contributed by atoms with van der Waals surface area (Å²) in [6.45, 7) is 3.78. The van der Waals surface area contributed by atoms with Crippen molar-refractivity contribution in [1.29, 1.82) is 0 Å². The number of ether oxygens (including phenoxy) is 1. The molecular weight excluding hydrogens is 566 g/mol. The van der Waals surface area contributed by atoms with Gasteiger partial charge in [0.1, 0.15) is 5.75 Å². The molecule has 0 spiro atoms. The number of nitrogens with one attached hydrogen (secondary N) is 3. The summed E-state index contributed by atoms with van der Waals surface area (Å²) in [4.78, 5) is 21.7. The Morgan fingerprint density at radius 2 is 1.05 bits per heavy atom. The van der Waals surface area contributed by atoms with Crippen LogP contribution in [0.3, 0.4) is 0 Å². The van der Waals surface area contributed by atoms with Gasteiger partial charge < -0.3 is 15.4 Å². The summed E-state index contributed by atoms with van der Waals surface area (Å²) < 4.78 is 54.0. The lowest BCUT2D eigenvalue weighted by Crippen LogP contribution is -2.23. The molecule has 0 atom stereocenters. The molecule has 0 aliphatic carbocycles. The molecular formula is C26H30ClN3O7S2. The Morgan fingerprint density at radius 3 is 1.44 bits per heavy atom. The van der Waals surface area contributed by atoms with Crippen LogP contribution in [0.25, 0.3) is 0 Å². The summed E-state index contributed by atoms with van der Waals surface area (Å²) >= 11 is 0. The summed E-state index contributed by atoms with van der Waals surface area (Å²) in [6.07, 6.45) is 0. The van der Waals surface area contributed by atoms with Crippen molar-refractivity contribution in [1.82, 2.24) is 15.4 Å². The Kier molecular flexibility index (Phi) is 11.9. The second-order valence-electron chi connectivity index (χ2n) is 8.22. The van der Waals surface area contributed by atoms with Crippen LogP contribution in [0.15, 0.2) is 82.6 Å². The van der Waals surface area contributed by atoms with E-state index in [4.69, 9.17) is 15.4 Å². The number of carbonyl (C=O) groups is 2. The summed E-state index contributed by atoms with van der Waals surface area (Å²) in [5.74, 6) is 0.452. The molecule has 10 nitrogen and oxygen atoms in total. The van der Waals surface area contributed by atoms with E-state index < -0.39 is 19.1 Å². The zero-order chi connectivity index (χ0) is 29.1. The molecule has 0 heterocycles. The molecule has 3 rings (SSSR count). The number of hydrogen-bond acceptors (Lipinski definition) is 7. The van der Waals surface area contributed by atoms with Crippen LogP contribution in [0.1, 0.15) is 30.5 Å². The molecule has 0 bridgehead atoms. The van der Waals surface area contributed by atoms with Crippen molar-refractivity contribution in [2.45, 2.75) is 43.3 Å². The van der Waals surface area contributed by atoms with Crippen LogP contribution < -0.4 is 20.1 Å². The van der Waals surface area contributed by atoms with E-state index in [9.17, 15) is 26.4 Å². The molecule has 0 saturated heterocycles. The average molecular weight is 596 g/mol. The molecule has 0 fully saturated rings. The first-order valence-electron chi connectivity index (χ1n) is 11.5. The lowest BCUT2D eigenvalue weighted by atomic mass is 10.2. The quantitative estimate of drug-likeness (QED) is 0.305. The fourth-order valence-electron chi connectivity index (χ4n) is 3.01. The number of carbonyl (C=O) groups excluding carboxylic acids is 2. The van der Waals surface area contributed by atoms with Gasteiger partial charge in [-0.25, -0.2) is 21.6 Å². The fraction of sp³-hybridized carbons (Fsp3) is 0.231. The maximum atomic E-state index is 12.3. The van der Waals surface area contributed by atoms with Crippen molar-refractivity contribution in [3.63, 3.8) is 0 Å². The van der Waals surface area contributed by atoms with Crippen molar-refractivity contribution < 1.29 is 31.2 Å². The average Bonchev–Trinajstić information content (AvgIpc) is 2.90. The Hall–Kier alpha value is -3.45. The van der Waals surface area contributed by atoms with Gasteiger partial charge in [0.2, 0.25) is 21.8 Å². The first-order chi connectivity index (χ1) is 18.3. The van der Waals surface area contributed by atoms with E-state index in [1.807, 2.05) is 0 Å². The standard InChI is InChI=1S/C17H20N2O4S.C9H10ClNO3S/c1-13(20)18-11-14-5-9-17(10-6-14)24(21,22)19-12-15-3-7-16(23-2)8-4-15;1-7(12)11-6-8-2-4-9(5-3-8)15(10,13)14/h3-10,19H,11-12H2,1-2H3,(H,18,20);2-5H,6H2,1H3,(H,11,12). The van der Waals surface area contributed by atoms with Crippen molar-refractivity contribution in [2.75, 3.05) is 7.11 Å². The topological polar surface area (TPSA) is 148 Å². The summed E-state index contributed by atoms with van der Waals surface area (Å²) in [7, 11) is -0.539. The Morgan fingerprint density at radius 1 is 0.667 bits per heavy atom. The molecule has 0 aliphatic rings. The smallest absolute Gasteiger partial charge is 0.261 e. The minimum absolute atomic E-state index is 0.0516. The van der Waals surface area contributed by atoms with E-state index in [1.165, 1.54) is 38.1 Å². The van der Waals surface area contributed by atoms with E-state index in [1.54, 1.807) is 55.6 Å². The Labute approximate surface area is 233 Å². The van der Waals surface area contributed by atoms with Crippen LogP contribution in [-0.4, -0.2) is 35.8 Å². The minimum Gasteiger partial charge on any atom is -0.497 e. The summed E-state index contributed by atoms with van der Waals surface area (Å²) in [5.41, 5.74) is 2.48. The zero-order valence-electron chi connectivity index (χ0n) is 21.6. The highest BCUT2D eigenvalue weighted by Gasteiger charge is 2.13. The number of methoxy groups -OCH3 is 1. The first-order valence-corrected chi connectivity index (χ1v) is 15.3. The van der Waals surface area contributed by atoms with Crippen LogP contribution in [0.4, 0.5) is 0 Å². The first kappa shape index (κ1) is 31.8. The molecule has 0 saturated carbocycles. The molecule has 13 heteroatoms. The van der Waals surface area contributed by atoms with Gasteiger partial charge in [0.15, 0.2) is 0 Å². The molecule has 0 aromatic heterocycles. The summed E-state index contributed by atoms with van der Waals surface area (Å²) in [6, 6.07) is 19.6. The van der Waals surface area contributed by atoms with E-state index >= 15 is 0 Å². The molecule has 0 unspecified atom stereocenters. The van der Waals surface area contributed by atoms with E-state index in [-0.39, 0.29) is 28.2 Å². The van der Waals surface area contributed by atoms with Gasteiger partial charge >= 0.3 is 0 Å². The minimum atomic E-state index is -3.67. The highest BCUT2D eigenvalue weighted by Crippen LogP contribution is 2.16. The van der Waals surface area contributed by atoms with Crippen LogP contribution in [0.2, 0.25) is 0 Å². The monoisotopic (exact) mass is 595 g/mol. The van der Waals surface area contributed by atoms with Crippen molar-refractivity contribution in [2.24, 2.45) is 0 Å². The second kappa shape index (κ2) is 14.6. The van der Waals surface area contributed by atoms with E-state index in [2.05, 4.69) is 15.4 Å². The van der Waals surface area contributed by atoms with E-state index in [0.717, 1.165) is 22.4 Å². The van der Waals surface area contributed by atoms with Crippen LogP contribution >= 0.6 is 10.7 Å². The third-order valence-corrected chi connectivity index (χ3v) is 7.93. The fourth-order valence-corrected chi connectivity index (χ4v) is 4.80. The van der Waals surface area contributed by atoms with Gasteiger partial charge in [-0.1, -0.05) is 36.4 Å². The third kappa shape index (κ3) is 11.4. The highest BCUT2D eigenvalue weighted by molar-refractivity contribution is 8.13. The van der Waals surface area contributed by atoms with Crippen LogP contribution in [-0.2, 0) is 48.3 Å². The maximum absolute atomic E-state index is 12.3. The molecule has 3 aromatic carbocycles. The predicted molar refractivity (Wildman–Crippen MR) is 148 cm³/mol. The SMILES string of the molecule is CC(=O)NCc1ccc(S(=O)(=O)Cl)cc1.COc1ccc(CNS(=O)(=O)c2ccc(CNC(C)=O)cc2)cc1. The largest absolute Gasteiger partial charge is 0.497 e. The van der Waals surface area contributed by atoms with Crippen molar-refractivity contribution >= 4 is 41.6 Å². The number of benzene rings is 3. The number of sulfonamides is 1. The molecule has 0 aliphatic heterocycles. The molecule has 39 heavy (non-hydrogen) atoms. The molecule has 210 valence electrons. The van der Waals surface area contributed by atoms with Gasteiger partial charge in [-0.2, -0.15) is 0 Å². The van der Waals surface area contributed by atoms with Gasteiger partial charge in [-0.15, -0.1) is 0 Å². The second-order valence-corrected chi connectivity index (χ2v) is 12.6. The maximum Gasteiger partial charge on any atom is 0.261 e. The lowest BCUT2D eigenvalue weighted by Gasteiger charge is -2.09. The highest BCUT2D eigenvalue weighted by atomic mass is 35.7. The van der Waals surface area contributed by atoms with Crippen LogP contribution in [0.5, 0.6) is 5.75 Å². The molecule has 3 aromatic rings. The van der Waals surface area contributed by atoms with Gasteiger partial charge in [-0.05, 0) is 53.1 Å². The van der Waals surface area contributed by atoms with Crippen LogP contribution in [0, 0.1) is 0 Å². The molecule has 2 amide bonds. The lowest BCUT2D eigenvalue weighted by molar-refractivity contribution is -0.120. The number of hydrogen-bond donors (Lipinski definition) is 3. The predicted octanol–water partition coefficient (Wildman–Crippen LogP) is 3.06. The van der Waals surface area contributed by atoms with E-state index in [0.29, 0.717) is 13.1 Å². The normalized spacial score (nSPS) is 11.1. The number of rotatable bonds is 10. The van der Waals surface area contributed by atoms with Gasteiger partial charge in [0.25, 0.3) is 9.05 Å². The Balaban J connectivity index is 0.000000306.